The predicted octanol–water partition coefficient (Wildman–Crippen LogP) is 9.29. The van der Waals surface area contributed by atoms with Crippen LogP contribution in [0.15, 0.2) is 79.9 Å². The highest BCUT2D eigenvalue weighted by atomic mass is 32.2. The van der Waals surface area contributed by atoms with Crippen molar-refractivity contribution in [3.63, 3.8) is 0 Å². The average molecular weight is 644 g/mol. The molecular weight excluding hydrogens is 595 g/mol. The van der Waals surface area contributed by atoms with E-state index in [4.69, 9.17) is 0 Å². The fourth-order valence-corrected chi connectivity index (χ4v) is 3.43. The number of aryl methyl sites for hydroxylation is 1. The van der Waals surface area contributed by atoms with E-state index in [-0.39, 0.29) is 31.7 Å². The molecule has 1 saturated heterocycles. The average Bonchev–Trinajstić information content (AvgIpc) is 3.40. The van der Waals surface area contributed by atoms with Gasteiger partial charge in [0, 0.05) is 0 Å². The van der Waals surface area contributed by atoms with Crippen molar-refractivity contribution in [1.29, 1.82) is 0 Å². The van der Waals surface area contributed by atoms with E-state index in [1.807, 2.05) is 45.9 Å². The SMILES string of the molecule is C.C=C/C=C(\C=C)c1cc(CC(=O)N2CCOC2=O)cc(OS(=O)(=O)C(F)(F)F)c1.CC.CC.CCC.Cc1ccccc1. The molecule has 11 heteroatoms. The number of allylic oxidation sites excluding steroid dienone is 4. The predicted molar refractivity (Wildman–Crippen MR) is 174 cm³/mol. The lowest BCUT2D eigenvalue weighted by Crippen LogP contribution is -2.33. The van der Waals surface area contributed by atoms with Crippen LogP contribution in [0.5, 0.6) is 5.75 Å². The number of halogens is 3. The Morgan fingerprint density at radius 2 is 1.59 bits per heavy atom. The van der Waals surface area contributed by atoms with Crippen LogP contribution in [0.4, 0.5) is 18.0 Å². The maximum absolute atomic E-state index is 12.7. The van der Waals surface area contributed by atoms with Gasteiger partial charge in [-0.15, -0.1) is 0 Å². The first-order chi connectivity index (χ1) is 20.3. The molecule has 0 atom stereocenters. The highest BCUT2D eigenvalue weighted by molar-refractivity contribution is 7.88. The summed E-state index contributed by atoms with van der Waals surface area (Å²) in [6.07, 6.45) is 4.25. The van der Waals surface area contributed by atoms with Gasteiger partial charge >= 0.3 is 21.7 Å². The number of nitrogens with zero attached hydrogens (tertiary/aromatic N) is 1. The van der Waals surface area contributed by atoms with E-state index in [0.717, 1.165) is 17.0 Å². The maximum atomic E-state index is 12.7. The quantitative estimate of drug-likeness (QED) is 0.170. The minimum absolute atomic E-state index is 0. The molecule has 0 aromatic heterocycles. The van der Waals surface area contributed by atoms with Gasteiger partial charge in [0.05, 0.1) is 13.0 Å². The van der Waals surface area contributed by atoms with Crippen molar-refractivity contribution in [3.8, 4) is 5.75 Å². The van der Waals surface area contributed by atoms with Gasteiger partial charge < -0.3 is 8.92 Å². The Balaban J connectivity index is -0.000000937. The van der Waals surface area contributed by atoms with Crippen LogP contribution >= 0.6 is 0 Å². The Hall–Kier alpha value is -3.86. The second-order valence-electron chi connectivity index (χ2n) is 8.11. The Morgan fingerprint density at radius 1 is 1.05 bits per heavy atom. The number of carbonyl (C=O) groups excluding carboxylic acids is 2. The smallest absolute Gasteiger partial charge is 0.447 e. The van der Waals surface area contributed by atoms with E-state index >= 15 is 0 Å². The lowest BCUT2D eigenvalue weighted by atomic mass is 10.0. The summed E-state index contributed by atoms with van der Waals surface area (Å²) in [5.74, 6) is -1.31. The zero-order valence-corrected chi connectivity index (χ0v) is 26.8. The van der Waals surface area contributed by atoms with Gasteiger partial charge in [-0.2, -0.15) is 21.6 Å². The van der Waals surface area contributed by atoms with Crippen LogP contribution in [-0.2, 0) is 26.1 Å². The van der Waals surface area contributed by atoms with Crippen LogP contribution in [0.2, 0.25) is 0 Å². The Bertz CT molecular complexity index is 1270. The molecule has 1 aliphatic heterocycles. The molecule has 1 fully saturated rings. The maximum Gasteiger partial charge on any atom is 0.534 e. The minimum atomic E-state index is -5.92. The first kappa shape index (κ1) is 44.6. The topological polar surface area (TPSA) is 90.0 Å². The number of hydrogen-bond donors (Lipinski definition) is 0. The number of hydrogen-bond acceptors (Lipinski definition) is 6. The van der Waals surface area contributed by atoms with Gasteiger partial charge in [-0.1, -0.05) is 129 Å². The number of rotatable bonds is 7. The molecule has 0 aliphatic carbocycles. The van der Waals surface area contributed by atoms with Crippen LogP contribution in [0.1, 0.15) is 72.1 Å². The summed E-state index contributed by atoms with van der Waals surface area (Å²) < 4.78 is 69.5. The number of cyclic esters (lactones) is 1. The Labute approximate surface area is 262 Å². The molecular formula is C33H48F3NO6S. The van der Waals surface area contributed by atoms with Crippen LogP contribution in [0, 0.1) is 6.92 Å². The summed E-state index contributed by atoms with van der Waals surface area (Å²) >= 11 is 0. The molecule has 44 heavy (non-hydrogen) atoms. The molecule has 0 radical (unpaired) electrons. The first-order valence-electron chi connectivity index (χ1n) is 13.9. The highest BCUT2D eigenvalue weighted by Crippen LogP contribution is 2.30. The van der Waals surface area contributed by atoms with Crippen molar-refractivity contribution in [1.82, 2.24) is 4.90 Å². The van der Waals surface area contributed by atoms with Crippen LogP contribution in [-0.4, -0.2) is 44.0 Å². The van der Waals surface area contributed by atoms with E-state index in [2.05, 4.69) is 55.0 Å². The van der Waals surface area contributed by atoms with Crippen molar-refractivity contribution < 1.29 is 40.1 Å². The summed E-state index contributed by atoms with van der Waals surface area (Å²) in [6, 6.07) is 13.7. The van der Waals surface area contributed by atoms with Crippen LogP contribution in [0.25, 0.3) is 5.57 Å². The van der Waals surface area contributed by atoms with Crippen LogP contribution < -0.4 is 4.18 Å². The molecule has 7 nitrogen and oxygen atoms in total. The largest absolute Gasteiger partial charge is 0.534 e. The summed E-state index contributed by atoms with van der Waals surface area (Å²) in [6.45, 7) is 21.5. The number of ether oxygens (including phenoxy) is 1. The van der Waals surface area contributed by atoms with Gasteiger partial charge in [-0.05, 0) is 35.8 Å². The molecule has 0 spiro atoms. The van der Waals surface area contributed by atoms with Crippen molar-refractivity contribution in [2.24, 2.45) is 0 Å². The van der Waals surface area contributed by atoms with Crippen molar-refractivity contribution >= 4 is 27.7 Å². The van der Waals surface area contributed by atoms with Gasteiger partial charge in [0.1, 0.15) is 12.4 Å². The Kier molecular flexibility index (Phi) is 23.9. The molecule has 248 valence electrons. The summed E-state index contributed by atoms with van der Waals surface area (Å²) in [4.78, 5) is 24.6. The zero-order valence-electron chi connectivity index (χ0n) is 26.0. The molecule has 2 amide bonds. The second-order valence-corrected chi connectivity index (χ2v) is 9.65. The summed E-state index contributed by atoms with van der Waals surface area (Å²) in [7, 11) is -5.92. The third kappa shape index (κ3) is 16.1. The lowest BCUT2D eigenvalue weighted by Gasteiger charge is -2.14. The minimum Gasteiger partial charge on any atom is -0.447 e. The van der Waals surface area contributed by atoms with Gasteiger partial charge in [0.2, 0.25) is 5.91 Å². The lowest BCUT2D eigenvalue weighted by molar-refractivity contribution is -0.127. The monoisotopic (exact) mass is 643 g/mol. The molecule has 0 unspecified atom stereocenters. The van der Waals surface area contributed by atoms with E-state index in [9.17, 15) is 31.2 Å². The molecule has 0 N–H and O–H groups in total. The Morgan fingerprint density at radius 3 is 1.98 bits per heavy atom. The first-order valence-corrected chi connectivity index (χ1v) is 15.3. The summed E-state index contributed by atoms with van der Waals surface area (Å²) in [5.41, 5.74) is -3.55. The normalized spacial score (nSPS) is 12.0. The van der Waals surface area contributed by atoms with E-state index in [1.165, 1.54) is 36.3 Å². The van der Waals surface area contributed by atoms with Gasteiger partial charge in [-0.25, -0.2) is 9.69 Å². The fraction of sp³-hybridized carbons (Fsp3) is 0.394. The number of amides is 2. The molecule has 1 heterocycles. The van der Waals surface area contributed by atoms with Crippen LogP contribution in [0.3, 0.4) is 0 Å². The molecule has 0 bridgehead atoms. The summed E-state index contributed by atoms with van der Waals surface area (Å²) in [5, 5.41) is 0. The molecule has 0 saturated carbocycles. The third-order valence-corrected chi connectivity index (χ3v) is 5.64. The van der Waals surface area contributed by atoms with E-state index in [0.29, 0.717) is 5.57 Å². The molecule has 3 rings (SSSR count). The second kappa shape index (κ2) is 23.6. The van der Waals surface area contributed by atoms with E-state index in [1.54, 1.807) is 0 Å². The fourth-order valence-electron chi connectivity index (χ4n) is 2.98. The van der Waals surface area contributed by atoms with Crippen molar-refractivity contribution in [2.75, 3.05) is 13.2 Å². The molecule has 2 aromatic carbocycles. The molecule has 1 aliphatic rings. The zero-order chi connectivity index (χ0) is 33.6. The third-order valence-electron chi connectivity index (χ3n) is 4.66. The van der Waals surface area contributed by atoms with Gasteiger partial charge in [-0.3, -0.25) is 4.79 Å². The number of alkyl halides is 3. The number of carbonyl (C=O) groups is 2. The molecule has 2 aromatic rings. The highest BCUT2D eigenvalue weighted by Gasteiger charge is 2.48. The number of benzene rings is 2. The van der Waals surface area contributed by atoms with Crippen molar-refractivity contribution in [3.05, 3.63) is 96.6 Å². The van der Waals surface area contributed by atoms with Gasteiger partial charge in [0.15, 0.2) is 0 Å². The van der Waals surface area contributed by atoms with E-state index < -0.39 is 39.8 Å². The standard InChI is InChI=1S/C18H16F3NO6S.C7H8.C3H8.2C2H6.CH4/c1-3-5-13(4-2)14-8-12(10-16(23)22-6-7-27-17(22)24)9-15(11-14)28-29(25,26)18(19,20)21;1-7-5-3-2-4-6-7;1-3-2;2*1-2;/h3-5,8-9,11H,1-2,6-7,10H2;2-6H,1H3;3H2,1-2H3;2*1-2H3;1H4/b13-5+;;;;;. The van der Waals surface area contributed by atoms with Gasteiger partial charge in [0.25, 0.3) is 0 Å². The van der Waals surface area contributed by atoms with Crippen molar-refractivity contribution in [2.45, 2.75) is 74.2 Å². The number of imide groups is 1.